The van der Waals surface area contributed by atoms with Crippen molar-refractivity contribution in [2.45, 2.75) is 18.9 Å². The number of aromatic nitrogens is 3. The van der Waals surface area contributed by atoms with E-state index < -0.39 is 6.10 Å². The molecule has 1 aromatic carbocycles. The molecule has 0 bridgehead atoms. The Morgan fingerprint density at radius 1 is 1.27 bits per heavy atom. The van der Waals surface area contributed by atoms with Crippen LogP contribution in [0.3, 0.4) is 0 Å². The predicted octanol–water partition coefficient (Wildman–Crippen LogP) is 1.47. The third kappa shape index (κ3) is 2.63. The summed E-state index contributed by atoms with van der Waals surface area (Å²) in [6, 6.07) is 10.1. The van der Waals surface area contributed by atoms with E-state index in [1.807, 2.05) is 30.3 Å². The fourth-order valence-corrected chi connectivity index (χ4v) is 1.46. The largest absolute Gasteiger partial charge is 0.385 e. The molecule has 4 nitrogen and oxygen atoms in total. The van der Waals surface area contributed by atoms with Gasteiger partial charge in [-0.25, -0.2) is 4.98 Å². The second-order valence-electron chi connectivity index (χ2n) is 3.41. The normalized spacial score (nSPS) is 12.6. The van der Waals surface area contributed by atoms with Gasteiger partial charge in [0.15, 0.2) is 5.82 Å². The lowest BCUT2D eigenvalue weighted by atomic mass is 10.1. The molecule has 1 aromatic heterocycles. The Kier molecular flexibility index (Phi) is 3.09. The number of benzene rings is 1. The molecule has 0 aliphatic rings. The molecule has 0 fully saturated rings. The van der Waals surface area contributed by atoms with Gasteiger partial charge in [0.2, 0.25) is 0 Å². The SMILES string of the molecule is OC(CCc1ccccc1)c1ncn[nH]1. The van der Waals surface area contributed by atoms with Gasteiger partial charge in [0, 0.05) is 0 Å². The van der Waals surface area contributed by atoms with Crippen molar-refractivity contribution in [1.29, 1.82) is 0 Å². The van der Waals surface area contributed by atoms with Gasteiger partial charge in [0.05, 0.1) is 0 Å². The van der Waals surface area contributed by atoms with Crippen molar-refractivity contribution in [2.75, 3.05) is 0 Å². The van der Waals surface area contributed by atoms with Crippen molar-refractivity contribution >= 4 is 0 Å². The molecule has 0 saturated carbocycles. The zero-order valence-corrected chi connectivity index (χ0v) is 8.30. The van der Waals surface area contributed by atoms with E-state index in [1.54, 1.807) is 0 Å². The quantitative estimate of drug-likeness (QED) is 0.791. The summed E-state index contributed by atoms with van der Waals surface area (Å²) in [6.07, 6.45) is 2.33. The van der Waals surface area contributed by atoms with Crippen LogP contribution in [0.25, 0.3) is 0 Å². The minimum Gasteiger partial charge on any atom is -0.385 e. The molecular weight excluding hydrogens is 190 g/mol. The molecule has 0 amide bonds. The maximum absolute atomic E-state index is 9.74. The molecule has 0 aliphatic carbocycles. The van der Waals surface area contributed by atoms with Gasteiger partial charge in [-0.15, -0.1) is 0 Å². The van der Waals surface area contributed by atoms with Gasteiger partial charge in [0.1, 0.15) is 12.4 Å². The van der Waals surface area contributed by atoms with Gasteiger partial charge in [-0.05, 0) is 18.4 Å². The lowest BCUT2D eigenvalue weighted by Gasteiger charge is -2.06. The Morgan fingerprint density at radius 3 is 2.73 bits per heavy atom. The molecule has 2 N–H and O–H groups in total. The van der Waals surface area contributed by atoms with Gasteiger partial charge in [-0.1, -0.05) is 30.3 Å². The second-order valence-corrected chi connectivity index (χ2v) is 3.41. The van der Waals surface area contributed by atoms with E-state index in [9.17, 15) is 5.11 Å². The fourth-order valence-electron chi connectivity index (χ4n) is 1.46. The molecule has 1 atom stereocenters. The zero-order valence-electron chi connectivity index (χ0n) is 8.30. The molecule has 4 heteroatoms. The third-order valence-electron chi connectivity index (χ3n) is 2.30. The number of aliphatic hydroxyl groups is 1. The predicted molar refractivity (Wildman–Crippen MR) is 56.1 cm³/mol. The summed E-state index contributed by atoms with van der Waals surface area (Å²) in [4.78, 5) is 3.91. The highest BCUT2D eigenvalue weighted by atomic mass is 16.3. The first-order valence-electron chi connectivity index (χ1n) is 4.93. The van der Waals surface area contributed by atoms with Crippen LogP contribution in [0.1, 0.15) is 23.9 Å². The number of nitrogens with one attached hydrogen (secondary N) is 1. The minimum absolute atomic E-state index is 0.533. The highest BCUT2D eigenvalue weighted by Crippen LogP contribution is 2.14. The number of aromatic amines is 1. The van der Waals surface area contributed by atoms with Gasteiger partial charge < -0.3 is 5.11 Å². The molecule has 2 rings (SSSR count). The van der Waals surface area contributed by atoms with Crippen LogP contribution in [-0.2, 0) is 6.42 Å². The van der Waals surface area contributed by atoms with Crippen molar-refractivity contribution in [3.8, 4) is 0 Å². The Hall–Kier alpha value is -1.68. The summed E-state index contributed by atoms with van der Waals surface area (Å²) in [5.41, 5.74) is 1.22. The fraction of sp³-hybridized carbons (Fsp3) is 0.273. The number of hydrogen-bond donors (Lipinski definition) is 2. The molecule has 0 radical (unpaired) electrons. The average Bonchev–Trinajstić information content (AvgIpc) is 2.81. The monoisotopic (exact) mass is 203 g/mol. The summed E-state index contributed by atoms with van der Waals surface area (Å²) in [5, 5.41) is 16.1. The van der Waals surface area contributed by atoms with Crippen molar-refractivity contribution in [2.24, 2.45) is 0 Å². The highest BCUT2D eigenvalue weighted by Gasteiger charge is 2.09. The van der Waals surface area contributed by atoms with E-state index in [1.165, 1.54) is 11.9 Å². The number of aliphatic hydroxyl groups excluding tert-OH is 1. The lowest BCUT2D eigenvalue weighted by molar-refractivity contribution is 0.158. The van der Waals surface area contributed by atoms with Crippen LogP contribution in [0.4, 0.5) is 0 Å². The molecule has 1 unspecified atom stereocenters. The average molecular weight is 203 g/mol. The number of aryl methyl sites for hydroxylation is 1. The van der Waals surface area contributed by atoms with Crippen LogP contribution in [0.15, 0.2) is 36.7 Å². The van der Waals surface area contributed by atoms with E-state index in [4.69, 9.17) is 0 Å². The van der Waals surface area contributed by atoms with Crippen LogP contribution >= 0.6 is 0 Å². The van der Waals surface area contributed by atoms with E-state index >= 15 is 0 Å². The van der Waals surface area contributed by atoms with Crippen LogP contribution in [-0.4, -0.2) is 20.3 Å². The van der Waals surface area contributed by atoms with Gasteiger partial charge >= 0.3 is 0 Å². The third-order valence-corrected chi connectivity index (χ3v) is 2.30. The Balaban J connectivity index is 1.89. The standard InChI is InChI=1S/C11H13N3O/c15-10(11-12-8-13-14-11)7-6-9-4-2-1-3-5-9/h1-5,8,10,15H,6-7H2,(H,12,13,14). The summed E-state index contributed by atoms with van der Waals surface area (Å²) in [6.45, 7) is 0. The molecule has 15 heavy (non-hydrogen) atoms. The minimum atomic E-state index is -0.562. The van der Waals surface area contributed by atoms with Crippen molar-refractivity contribution in [3.63, 3.8) is 0 Å². The van der Waals surface area contributed by atoms with Gasteiger partial charge in [-0.2, -0.15) is 5.10 Å². The number of rotatable bonds is 4. The number of nitrogens with zero attached hydrogens (tertiary/aromatic N) is 2. The molecule has 0 saturated heterocycles. The Labute approximate surface area is 88.0 Å². The summed E-state index contributed by atoms with van der Waals surface area (Å²) >= 11 is 0. The van der Waals surface area contributed by atoms with Crippen molar-refractivity contribution in [1.82, 2.24) is 15.2 Å². The maximum Gasteiger partial charge on any atom is 0.153 e. The first kappa shape index (κ1) is 9.86. The van der Waals surface area contributed by atoms with Gasteiger partial charge in [0.25, 0.3) is 0 Å². The lowest BCUT2D eigenvalue weighted by Crippen LogP contribution is -2.01. The number of H-pyrrole nitrogens is 1. The molecule has 2 aromatic rings. The summed E-state index contributed by atoms with van der Waals surface area (Å²) < 4.78 is 0. The summed E-state index contributed by atoms with van der Waals surface area (Å²) in [7, 11) is 0. The number of hydrogen-bond acceptors (Lipinski definition) is 3. The topological polar surface area (TPSA) is 61.8 Å². The molecule has 78 valence electrons. The van der Waals surface area contributed by atoms with E-state index in [-0.39, 0.29) is 0 Å². The van der Waals surface area contributed by atoms with Crippen LogP contribution in [0.5, 0.6) is 0 Å². The van der Waals surface area contributed by atoms with Crippen molar-refractivity contribution < 1.29 is 5.11 Å². The van der Waals surface area contributed by atoms with E-state index in [2.05, 4.69) is 15.2 Å². The van der Waals surface area contributed by atoms with Crippen molar-refractivity contribution in [3.05, 3.63) is 48.0 Å². The first-order valence-corrected chi connectivity index (χ1v) is 4.93. The Morgan fingerprint density at radius 2 is 2.07 bits per heavy atom. The van der Waals surface area contributed by atoms with E-state index in [0.29, 0.717) is 12.2 Å². The molecule has 0 aliphatic heterocycles. The maximum atomic E-state index is 9.74. The zero-order chi connectivity index (χ0) is 10.5. The van der Waals surface area contributed by atoms with E-state index in [0.717, 1.165) is 6.42 Å². The molecular formula is C11H13N3O. The van der Waals surface area contributed by atoms with Crippen LogP contribution in [0.2, 0.25) is 0 Å². The first-order chi connectivity index (χ1) is 7.36. The smallest absolute Gasteiger partial charge is 0.153 e. The second kappa shape index (κ2) is 4.70. The molecule has 1 heterocycles. The van der Waals surface area contributed by atoms with Crippen LogP contribution in [0, 0.1) is 0 Å². The van der Waals surface area contributed by atoms with Crippen LogP contribution < -0.4 is 0 Å². The summed E-state index contributed by atoms with van der Waals surface area (Å²) in [5.74, 6) is 0.533. The van der Waals surface area contributed by atoms with Gasteiger partial charge in [-0.3, -0.25) is 5.10 Å². The molecule has 0 spiro atoms. The Bertz CT molecular complexity index is 385. The highest BCUT2D eigenvalue weighted by molar-refractivity contribution is 5.14.